The van der Waals surface area contributed by atoms with Crippen LogP contribution in [0.2, 0.25) is 0 Å². The van der Waals surface area contributed by atoms with Crippen LogP contribution in [-0.2, 0) is 9.53 Å². The summed E-state index contributed by atoms with van der Waals surface area (Å²) < 4.78 is 30.2. The molecule has 0 atom stereocenters. The number of cyclic esters (lactones) is 1. The Morgan fingerprint density at radius 3 is 2.52 bits per heavy atom. The lowest BCUT2D eigenvalue weighted by Crippen LogP contribution is -2.05. The molecule has 0 saturated carbocycles. The highest BCUT2D eigenvalue weighted by Gasteiger charge is 2.24. The number of rotatable bonds is 6. The number of hydrogen-bond acceptors (Lipinski definition) is 5. The van der Waals surface area contributed by atoms with E-state index in [0.717, 1.165) is 0 Å². The molecule has 0 amide bonds. The number of esters is 1. The molecule has 0 N–H and O–H groups in total. The van der Waals surface area contributed by atoms with Gasteiger partial charge in [0.15, 0.2) is 17.2 Å². The Hall–Kier alpha value is -2.67. The monoisotopic (exact) mass is 433 g/mol. The third-order valence-corrected chi connectivity index (χ3v) is 4.22. The molecule has 0 fully saturated rings. The van der Waals surface area contributed by atoms with Crippen molar-refractivity contribution >= 4 is 33.9 Å². The van der Waals surface area contributed by atoms with Gasteiger partial charge in [-0.15, -0.1) is 0 Å². The lowest BCUT2D eigenvalue weighted by atomic mass is 10.1. The van der Waals surface area contributed by atoms with E-state index in [4.69, 9.17) is 14.2 Å². The van der Waals surface area contributed by atoms with Gasteiger partial charge in [0, 0.05) is 5.56 Å². The molecule has 0 aromatic heterocycles. The van der Waals surface area contributed by atoms with Gasteiger partial charge < -0.3 is 14.2 Å². The third-order valence-electron chi connectivity index (χ3n) is 3.64. The Morgan fingerprint density at radius 2 is 1.85 bits per heavy atom. The van der Waals surface area contributed by atoms with E-state index in [0.29, 0.717) is 40.3 Å². The number of halogens is 2. The van der Waals surface area contributed by atoms with Crippen molar-refractivity contribution in [3.05, 3.63) is 63.5 Å². The van der Waals surface area contributed by atoms with E-state index in [1.54, 1.807) is 18.2 Å². The molecule has 0 radical (unpaired) electrons. The number of ether oxygens (including phenoxy) is 3. The number of nitrogens with zero attached hydrogens (tertiary/aromatic N) is 1. The predicted molar refractivity (Wildman–Crippen MR) is 103 cm³/mol. The maximum Gasteiger partial charge on any atom is 0.363 e. The van der Waals surface area contributed by atoms with Crippen LogP contribution >= 0.6 is 15.9 Å². The first-order chi connectivity index (χ1) is 13.0. The molecular weight excluding hydrogens is 417 g/mol. The fourth-order valence-corrected chi connectivity index (χ4v) is 3.08. The first-order valence-corrected chi connectivity index (χ1v) is 9.18. The summed E-state index contributed by atoms with van der Waals surface area (Å²) in [5, 5.41) is 0. The quantitative estimate of drug-likeness (QED) is 0.487. The van der Waals surface area contributed by atoms with Gasteiger partial charge in [-0.1, -0.05) is 0 Å². The van der Waals surface area contributed by atoms with Gasteiger partial charge in [0.25, 0.3) is 0 Å². The van der Waals surface area contributed by atoms with Gasteiger partial charge in [-0.25, -0.2) is 14.2 Å². The molecule has 0 bridgehead atoms. The Balaban J connectivity index is 1.95. The van der Waals surface area contributed by atoms with Gasteiger partial charge in [0.1, 0.15) is 5.82 Å². The second kappa shape index (κ2) is 8.35. The molecule has 2 aromatic carbocycles. The van der Waals surface area contributed by atoms with E-state index in [-0.39, 0.29) is 17.4 Å². The van der Waals surface area contributed by atoms with Crippen LogP contribution in [-0.4, -0.2) is 25.1 Å². The van der Waals surface area contributed by atoms with Crippen LogP contribution in [0, 0.1) is 5.82 Å². The van der Waals surface area contributed by atoms with Gasteiger partial charge in [-0.3, -0.25) is 0 Å². The molecule has 5 nitrogen and oxygen atoms in total. The third kappa shape index (κ3) is 4.36. The van der Waals surface area contributed by atoms with Crippen molar-refractivity contribution in [2.24, 2.45) is 4.99 Å². The number of hydrogen-bond donors (Lipinski definition) is 0. The molecule has 1 aliphatic heterocycles. The highest BCUT2D eigenvalue weighted by Crippen LogP contribution is 2.37. The average molecular weight is 434 g/mol. The van der Waals surface area contributed by atoms with Crippen LogP contribution in [0.4, 0.5) is 4.39 Å². The summed E-state index contributed by atoms with van der Waals surface area (Å²) in [5.74, 6) is 0.362. The van der Waals surface area contributed by atoms with Gasteiger partial charge >= 0.3 is 5.97 Å². The van der Waals surface area contributed by atoms with Crippen molar-refractivity contribution in [1.82, 2.24) is 0 Å². The fraction of sp³-hybridized carbons (Fsp3) is 0.200. The minimum absolute atomic E-state index is 0.140. The molecule has 7 heteroatoms. The zero-order valence-corrected chi connectivity index (χ0v) is 16.4. The highest BCUT2D eigenvalue weighted by atomic mass is 79.9. The molecule has 1 heterocycles. The van der Waals surface area contributed by atoms with E-state index in [2.05, 4.69) is 20.9 Å². The van der Waals surface area contributed by atoms with Crippen LogP contribution in [0.3, 0.4) is 0 Å². The largest absolute Gasteiger partial charge is 0.490 e. The lowest BCUT2D eigenvalue weighted by Gasteiger charge is -2.13. The van der Waals surface area contributed by atoms with Crippen molar-refractivity contribution in [3.63, 3.8) is 0 Å². The van der Waals surface area contributed by atoms with Crippen LogP contribution in [0.15, 0.2) is 51.6 Å². The molecule has 27 heavy (non-hydrogen) atoms. The Bertz CT molecular complexity index is 922. The summed E-state index contributed by atoms with van der Waals surface area (Å²) in [6.45, 7) is 4.73. The highest BCUT2D eigenvalue weighted by molar-refractivity contribution is 9.10. The van der Waals surface area contributed by atoms with E-state index >= 15 is 0 Å². The fourth-order valence-electron chi connectivity index (χ4n) is 2.50. The van der Waals surface area contributed by atoms with Crippen molar-refractivity contribution in [3.8, 4) is 11.5 Å². The van der Waals surface area contributed by atoms with E-state index in [1.165, 1.54) is 24.3 Å². The number of benzene rings is 2. The molecule has 0 spiro atoms. The lowest BCUT2D eigenvalue weighted by molar-refractivity contribution is -0.129. The Kier molecular flexibility index (Phi) is 5.91. The van der Waals surface area contributed by atoms with Crippen molar-refractivity contribution in [1.29, 1.82) is 0 Å². The second-order valence-electron chi connectivity index (χ2n) is 5.54. The molecule has 3 rings (SSSR count). The summed E-state index contributed by atoms with van der Waals surface area (Å²) in [7, 11) is 0. The van der Waals surface area contributed by atoms with Crippen molar-refractivity contribution in [2.75, 3.05) is 13.2 Å². The molecule has 140 valence electrons. The molecular formula is C20H17BrFNO4. The predicted octanol–water partition coefficient (Wildman–Crippen LogP) is 4.73. The number of aliphatic imine (C=N–C) groups is 1. The summed E-state index contributed by atoms with van der Waals surface area (Å²) >= 11 is 3.47. The van der Waals surface area contributed by atoms with Crippen LogP contribution in [0.5, 0.6) is 11.5 Å². The Labute approximate surface area is 164 Å². The van der Waals surface area contributed by atoms with E-state index in [9.17, 15) is 9.18 Å². The molecule has 0 unspecified atom stereocenters. The Morgan fingerprint density at radius 1 is 1.15 bits per heavy atom. The first kappa shape index (κ1) is 19.1. The summed E-state index contributed by atoms with van der Waals surface area (Å²) in [4.78, 5) is 16.4. The topological polar surface area (TPSA) is 57.1 Å². The zero-order chi connectivity index (χ0) is 19.4. The summed E-state index contributed by atoms with van der Waals surface area (Å²) in [6.07, 6.45) is 1.60. The number of carbonyl (C=O) groups is 1. The standard InChI is InChI=1S/C20H17BrFNO4/c1-3-25-17-11-12(9-15(21)18(17)26-4-2)10-16-20(24)27-19(23-16)13-5-7-14(22)8-6-13/h5-11H,3-4H2,1-2H3. The van der Waals surface area contributed by atoms with Gasteiger partial charge in [0.05, 0.1) is 17.7 Å². The maximum absolute atomic E-state index is 13.1. The minimum atomic E-state index is -0.572. The van der Waals surface area contributed by atoms with Gasteiger partial charge in [0.2, 0.25) is 5.90 Å². The average Bonchev–Trinajstić information content (AvgIpc) is 2.99. The molecule has 1 aliphatic rings. The first-order valence-electron chi connectivity index (χ1n) is 8.39. The van der Waals surface area contributed by atoms with Gasteiger partial charge in [-0.05, 0) is 77.8 Å². The SMILES string of the molecule is CCOc1cc(C=C2N=C(c3ccc(F)cc3)OC2=O)cc(Br)c1OCC. The number of carbonyl (C=O) groups excluding carboxylic acids is 1. The van der Waals surface area contributed by atoms with Crippen molar-refractivity contribution < 1.29 is 23.4 Å². The second-order valence-corrected chi connectivity index (χ2v) is 6.39. The minimum Gasteiger partial charge on any atom is -0.490 e. The summed E-state index contributed by atoms with van der Waals surface area (Å²) in [6, 6.07) is 9.15. The van der Waals surface area contributed by atoms with Crippen LogP contribution in [0.25, 0.3) is 6.08 Å². The van der Waals surface area contributed by atoms with Gasteiger partial charge in [-0.2, -0.15) is 0 Å². The van der Waals surface area contributed by atoms with Crippen molar-refractivity contribution in [2.45, 2.75) is 13.8 Å². The summed E-state index contributed by atoms with van der Waals surface area (Å²) in [5.41, 5.74) is 1.37. The zero-order valence-electron chi connectivity index (χ0n) is 14.8. The van der Waals surface area contributed by atoms with E-state index < -0.39 is 5.97 Å². The molecule has 2 aromatic rings. The maximum atomic E-state index is 13.1. The van der Waals surface area contributed by atoms with E-state index in [1.807, 2.05) is 13.8 Å². The van der Waals surface area contributed by atoms with Crippen LogP contribution in [0.1, 0.15) is 25.0 Å². The smallest absolute Gasteiger partial charge is 0.363 e. The molecule has 0 saturated heterocycles. The van der Waals surface area contributed by atoms with Crippen LogP contribution < -0.4 is 9.47 Å². The normalized spacial score (nSPS) is 14.9. The molecule has 0 aliphatic carbocycles.